The maximum absolute atomic E-state index is 12.1. The van der Waals surface area contributed by atoms with E-state index in [2.05, 4.69) is 4.98 Å². The van der Waals surface area contributed by atoms with Gasteiger partial charge in [-0.2, -0.15) is 0 Å². The molecule has 124 valence electrons. The summed E-state index contributed by atoms with van der Waals surface area (Å²) in [4.78, 5) is 15.9. The summed E-state index contributed by atoms with van der Waals surface area (Å²) >= 11 is 11.9. The lowest BCUT2D eigenvalue weighted by Crippen LogP contribution is -2.37. The highest BCUT2D eigenvalue weighted by Gasteiger charge is 2.29. The van der Waals surface area contributed by atoms with Gasteiger partial charge in [0.25, 0.3) is 0 Å². The number of imidazole rings is 1. The number of nitrogens with zero attached hydrogens (tertiary/aromatic N) is 2. The normalized spacial score (nSPS) is 12.7. The molecule has 1 aromatic carbocycles. The first-order valence-electron chi connectivity index (χ1n) is 7.03. The minimum Gasteiger partial charge on any atom is -0.490 e. The minimum absolute atomic E-state index is 0.181. The van der Waals surface area contributed by atoms with E-state index in [1.54, 1.807) is 18.2 Å². The van der Waals surface area contributed by atoms with Gasteiger partial charge >= 0.3 is 6.09 Å². The average molecular weight is 357 g/mol. The zero-order chi connectivity index (χ0) is 17.0. The fourth-order valence-electron chi connectivity index (χ4n) is 1.79. The van der Waals surface area contributed by atoms with Crippen molar-refractivity contribution < 1.29 is 14.3 Å². The molecule has 0 aliphatic rings. The van der Waals surface area contributed by atoms with Gasteiger partial charge in [-0.15, -0.1) is 0 Å². The summed E-state index contributed by atoms with van der Waals surface area (Å²) in [6.07, 6.45) is 3.46. The van der Waals surface area contributed by atoms with E-state index in [9.17, 15) is 4.79 Å². The first-order valence-corrected chi connectivity index (χ1v) is 7.79. The van der Waals surface area contributed by atoms with Gasteiger partial charge in [-0.3, -0.25) is 0 Å². The van der Waals surface area contributed by atoms with Crippen LogP contribution in [0.3, 0.4) is 0 Å². The van der Waals surface area contributed by atoms with Gasteiger partial charge in [0.15, 0.2) is 0 Å². The number of carbonyl (C=O) groups excluding carboxylic acids is 1. The van der Waals surface area contributed by atoms with E-state index in [4.69, 9.17) is 32.7 Å². The van der Waals surface area contributed by atoms with Gasteiger partial charge in [-0.25, -0.2) is 14.3 Å². The molecule has 0 spiro atoms. The highest BCUT2D eigenvalue weighted by atomic mass is 35.5. The summed E-state index contributed by atoms with van der Waals surface area (Å²) < 4.78 is 12.5. The van der Waals surface area contributed by atoms with Gasteiger partial charge in [0.05, 0.1) is 0 Å². The van der Waals surface area contributed by atoms with E-state index in [1.165, 1.54) is 23.3 Å². The summed E-state index contributed by atoms with van der Waals surface area (Å²) in [6.45, 7) is 6.08. The molecule has 1 heterocycles. The molecule has 5 nitrogen and oxygen atoms in total. The van der Waals surface area contributed by atoms with Crippen LogP contribution in [0.5, 0.6) is 5.75 Å². The number of ether oxygens (including phenoxy) is 2. The average Bonchev–Trinajstić information content (AvgIpc) is 2.95. The molecule has 0 N–H and O–H groups in total. The fraction of sp³-hybridized carbons (Fsp3) is 0.375. The van der Waals surface area contributed by atoms with Crippen LogP contribution < -0.4 is 4.74 Å². The molecule has 1 aromatic heterocycles. The Morgan fingerprint density at radius 1 is 1.26 bits per heavy atom. The van der Waals surface area contributed by atoms with Gasteiger partial charge in [0.1, 0.15) is 24.8 Å². The zero-order valence-electron chi connectivity index (χ0n) is 13.1. The number of carbonyl (C=O) groups is 1. The Balaban J connectivity index is 2.06. The van der Waals surface area contributed by atoms with Gasteiger partial charge in [-0.1, -0.05) is 44.0 Å². The lowest BCUT2D eigenvalue weighted by molar-refractivity contribution is 0.00210. The first kappa shape index (κ1) is 17.6. The van der Waals surface area contributed by atoms with Gasteiger partial charge in [0, 0.05) is 27.9 Å². The third kappa shape index (κ3) is 5.15. The molecule has 2 aromatic rings. The monoisotopic (exact) mass is 356 g/mol. The van der Waals surface area contributed by atoms with Gasteiger partial charge in [-0.05, 0) is 18.2 Å². The maximum atomic E-state index is 12.1. The SMILES string of the molecule is CC(C)(C)C(COc1cc(Cl)cc(Cl)c1)OC(=O)n1ccnc1. The summed E-state index contributed by atoms with van der Waals surface area (Å²) in [6, 6.07) is 4.94. The van der Waals surface area contributed by atoms with Crippen LogP contribution >= 0.6 is 23.2 Å². The number of hydrogen-bond acceptors (Lipinski definition) is 4. The topological polar surface area (TPSA) is 53.4 Å². The van der Waals surface area contributed by atoms with Crippen LogP contribution in [0.4, 0.5) is 4.79 Å². The van der Waals surface area contributed by atoms with Gasteiger partial charge < -0.3 is 9.47 Å². The molecule has 0 amide bonds. The number of aromatic nitrogens is 2. The van der Waals surface area contributed by atoms with Crippen molar-refractivity contribution in [3.8, 4) is 5.75 Å². The van der Waals surface area contributed by atoms with Crippen molar-refractivity contribution >= 4 is 29.3 Å². The van der Waals surface area contributed by atoms with Crippen molar-refractivity contribution in [1.82, 2.24) is 9.55 Å². The predicted molar refractivity (Wildman–Crippen MR) is 89.3 cm³/mol. The molecule has 0 saturated carbocycles. The summed E-state index contributed by atoms with van der Waals surface area (Å²) in [5.41, 5.74) is -0.307. The second-order valence-corrected chi connectivity index (χ2v) is 7.00. The predicted octanol–water partition coefficient (Wildman–Crippen LogP) is 4.67. The number of halogens is 2. The second kappa shape index (κ2) is 7.23. The summed E-state index contributed by atoms with van der Waals surface area (Å²) in [5.74, 6) is 0.524. The highest BCUT2D eigenvalue weighted by molar-refractivity contribution is 6.34. The highest BCUT2D eigenvalue weighted by Crippen LogP contribution is 2.27. The standard InChI is InChI=1S/C16H18Cl2N2O3/c1-16(2,3)14(23-15(21)20-5-4-19-10-20)9-22-13-7-11(17)6-12(18)8-13/h4-8,10,14H,9H2,1-3H3. The molecule has 1 atom stereocenters. The molecule has 0 bridgehead atoms. The fourth-order valence-corrected chi connectivity index (χ4v) is 2.30. The van der Waals surface area contributed by atoms with Crippen molar-refractivity contribution in [3.63, 3.8) is 0 Å². The van der Waals surface area contributed by atoms with Crippen LogP contribution in [0.1, 0.15) is 20.8 Å². The molecule has 7 heteroatoms. The minimum atomic E-state index is -0.504. The number of rotatable bonds is 4. The van der Waals surface area contributed by atoms with Crippen molar-refractivity contribution in [1.29, 1.82) is 0 Å². The first-order chi connectivity index (χ1) is 10.8. The molecule has 0 fully saturated rings. The van der Waals surface area contributed by atoms with Crippen LogP contribution in [0.2, 0.25) is 10.0 Å². The maximum Gasteiger partial charge on any atom is 0.419 e. The molecule has 0 radical (unpaired) electrons. The molecule has 2 rings (SSSR count). The number of benzene rings is 1. The second-order valence-electron chi connectivity index (χ2n) is 6.12. The Morgan fingerprint density at radius 3 is 2.43 bits per heavy atom. The van der Waals surface area contributed by atoms with Crippen molar-refractivity contribution in [2.45, 2.75) is 26.9 Å². The Kier molecular flexibility index (Phi) is 5.55. The van der Waals surface area contributed by atoms with Crippen LogP contribution in [0, 0.1) is 5.41 Å². The lowest BCUT2D eigenvalue weighted by atomic mass is 9.89. The Bertz CT molecular complexity index is 646. The molecular weight excluding hydrogens is 339 g/mol. The van der Waals surface area contributed by atoms with Crippen molar-refractivity contribution in [3.05, 3.63) is 47.0 Å². The lowest BCUT2D eigenvalue weighted by Gasteiger charge is -2.30. The smallest absolute Gasteiger partial charge is 0.419 e. The van der Waals surface area contributed by atoms with Crippen LogP contribution in [0.25, 0.3) is 0 Å². The van der Waals surface area contributed by atoms with E-state index in [1.807, 2.05) is 20.8 Å². The third-order valence-electron chi connectivity index (χ3n) is 3.16. The molecular formula is C16H18Cl2N2O3. The van der Waals surface area contributed by atoms with E-state index in [0.29, 0.717) is 15.8 Å². The van der Waals surface area contributed by atoms with Crippen molar-refractivity contribution in [2.24, 2.45) is 5.41 Å². The van der Waals surface area contributed by atoms with Crippen molar-refractivity contribution in [2.75, 3.05) is 6.61 Å². The Morgan fingerprint density at radius 2 is 1.91 bits per heavy atom. The molecule has 0 aliphatic heterocycles. The van der Waals surface area contributed by atoms with E-state index < -0.39 is 12.2 Å². The quantitative estimate of drug-likeness (QED) is 0.798. The molecule has 0 saturated heterocycles. The summed E-state index contributed by atoms with van der Waals surface area (Å²) in [5, 5.41) is 0.963. The summed E-state index contributed by atoms with van der Waals surface area (Å²) in [7, 11) is 0. The Hall–Kier alpha value is -1.72. The van der Waals surface area contributed by atoms with E-state index in [0.717, 1.165) is 0 Å². The largest absolute Gasteiger partial charge is 0.490 e. The third-order valence-corrected chi connectivity index (χ3v) is 3.60. The molecule has 1 unspecified atom stereocenters. The molecule has 23 heavy (non-hydrogen) atoms. The zero-order valence-corrected chi connectivity index (χ0v) is 14.6. The van der Waals surface area contributed by atoms with Crippen LogP contribution in [0.15, 0.2) is 36.9 Å². The van der Waals surface area contributed by atoms with E-state index in [-0.39, 0.29) is 12.0 Å². The number of hydrogen-bond donors (Lipinski definition) is 0. The Labute approximate surface area is 145 Å². The molecule has 0 aliphatic carbocycles. The van der Waals surface area contributed by atoms with Crippen LogP contribution in [-0.2, 0) is 4.74 Å². The van der Waals surface area contributed by atoms with Gasteiger partial charge in [0.2, 0.25) is 0 Å². The van der Waals surface area contributed by atoms with Crippen LogP contribution in [-0.4, -0.2) is 28.4 Å². The van der Waals surface area contributed by atoms with E-state index >= 15 is 0 Å².